The zero-order valence-electron chi connectivity index (χ0n) is 12.0. The van der Waals surface area contributed by atoms with Gasteiger partial charge in [0, 0.05) is 30.2 Å². The highest BCUT2D eigenvalue weighted by Gasteiger charge is 2.34. The molecule has 1 fully saturated rings. The molecule has 0 bridgehead atoms. The average Bonchev–Trinajstić information content (AvgIpc) is 2.44. The summed E-state index contributed by atoms with van der Waals surface area (Å²) in [7, 11) is 1.74. The SMILES string of the molecule is COC1(C)CCCN(C(CN)c2cc(Br)ccc2F)C1. The molecule has 20 heavy (non-hydrogen) atoms. The fraction of sp³-hybridized carbons (Fsp3) is 0.600. The van der Waals surface area contributed by atoms with E-state index in [0.29, 0.717) is 12.1 Å². The minimum atomic E-state index is -0.201. The van der Waals surface area contributed by atoms with Gasteiger partial charge in [0.1, 0.15) is 5.82 Å². The van der Waals surface area contributed by atoms with Gasteiger partial charge in [0.2, 0.25) is 0 Å². The molecule has 0 spiro atoms. The summed E-state index contributed by atoms with van der Waals surface area (Å²) in [5, 5.41) is 0. The molecule has 2 N–H and O–H groups in total. The average molecular weight is 345 g/mol. The molecule has 1 aromatic carbocycles. The molecule has 1 aromatic rings. The van der Waals surface area contributed by atoms with Gasteiger partial charge in [-0.25, -0.2) is 4.39 Å². The number of halogens is 2. The summed E-state index contributed by atoms with van der Waals surface area (Å²) in [6.45, 7) is 4.20. The Morgan fingerprint density at radius 1 is 1.55 bits per heavy atom. The highest BCUT2D eigenvalue weighted by atomic mass is 79.9. The second kappa shape index (κ2) is 6.52. The summed E-state index contributed by atoms with van der Waals surface area (Å²) < 4.78 is 20.6. The van der Waals surface area contributed by atoms with Gasteiger partial charge in [0.15, 0.2) is 0 Å². The van der Waals surface area contributed by atoms with E-state index in [1.807, 2.05) is 6.07 Å². The molecule has 0 aliphatic carbocycles. The first-order chi connectivity index (χ1) is 9.49. The highest BCUT2D eigenvalue weighted by molar-refractivity contribution is 9.10. The van der Waals surface area contributed by atoms with Crippen molar-refractivity contribution in [2.75, 3.05) is 26.7 Å². The van der Waals surface area contributed by atoms with Gasteiger partial charge in [0.25, 0.3) is 0 Å². The van der Waals surface area contributed by atoms with E-state index in [0.717, 1.165) is 30.4 Å². The Hall–Kier alpha value is -0.490. The fourth-order valence-corrected chi connectivity index (χ4v) is 3.30. The minimum absolute atomic E-state index is 0.109. The Bertz CT molecular complexity index is 471. The maximum atomic E-state index is 14.1. The molecule has 2 atom stereocenters. The van der Waals surface area contributed by atoms with E-state index in [-0.39, 0.29) is 17.5 Å². The fourth-order valence-electron chi connectivity index (χ4n) is 2.92. The summed E-state index contributed by atoms with van der Waals surface area (Å²) in [5.41, 5.74) is 6.40. The third-order valence-corrected chi connectivity index (χ3v) is 4.66. The van der Waals surface area contributed by atoms with Crippen molar-refractivity contribution in [3.05, 3.63) is 34.1 Å². The summed E-state index contributed by atoms with van der Waals surface area (Å²) in [6, 6.07) is 4.91. The van der Waals surface area contributed by atoms with Crippen LogP contribution in [0.2, 0.25) is 0 Å². The molecule has 2 unspecified atom stereocenters. The molecule has 5 heteroatoms. The predicted octanol–water partition coefficient (Wildman–Crippen LogP) is 3.09. The molecule has 3 nitrogen and oxygen atoms in total. The van der Waals surface area contributed by atoms with Gasteiger partial charge in [-0.3, -0.25) is 4.90 Å². The van der Waals surface area contributed by atoms with Crippen LogP contribution in [0.15, 0.2) is 22.7 Å². The normalized spacial score (nSPS) is 25.6. The van der Waals surface area contributed by atoms with E-state index in [4.69, 9.17) is 10.5 Å². The monoisotopic (exact) mass is 344 g/mol. The number of likely N-dealkylation sites (tertiary alicyclic amines) is 1. The third kappa shape index (κ3) is 3.39. The van der Waals surface area contributed by atoms with Gasteiger partial charge < -0.3 is 10.5 Å². The molecule has 1 aliphatic rings. The van der Waals surface area contributed by atoms with Crippen LogP contribution in [-0.2, 0) is 4.74 Å². The number of piperidine rings is 1. The van der Waals surface area contributed by atoms with Gasteiger partial charge in [-0.15, -0.1) is 0 Å². The van der Waals surface area contributed by atoms with Crippen molar-refractivity contribution in [3.63, 3.8) is 0 Å². The van der Waals surface area contributed by atoms with E-state index in [2.05, 4.69) is 27.8 Å². The summed E-state index contributed by atoms with van der Waals surface area (Å²) in [6.07, 6.45) is 2.06. The third-order valence-electron chi connectivity index (χ3n) is 4.16. The van der Waals surface area contributed by atoms with Gasteiger partial charge in [-0.1, -0.05) is 15.9 Å². The molecule has 0 radical (unpaired) electrons. The summed E-state index contributed by atoms with van der Waals surface area (Å²) >= 11 is 3.40. The summed E-state index contributed by atoms with van der Waals surface area (Å²) in [4.78, 5) is 2.23. The number of ether oxygens (including phenoxy) is 1. The molecule has 2 rings (SSSR count). The van der Waals surface area contributed by atoms with Crippen LogP contribution in [0.1, 0.15) is 31.4 Å². The number of nitrogens with zero attached hydrogens (tertiary/aromatic N) is 1. The second-order valence-electron chi connectivity index (χ2n) is 5.65. The lowest BCUT2D eigenvalue weighted by Gasteiger charge is -2.43. The zero-order chi connectivity index (χ0) is 14.8. The lowest BCUT2D eigenvalue weighted by Crippen LogP contribution is -2.50. The van der Waals surface area contributed by atoms with E-state index in [1.54, 1.807) is 13.2 Å². The van der Waals surface area contributed by atoms with E-state index in [9.17, 15) is 4.39 Å². The van der Waals surface area contributed by atoms with Crippen LogP contribution >= 0.6 is 15.9 Å². The van der Waals surface area contributed by atoms with Crippen molar-refractivity contribution in [2.24, 2.45) is 5.73 Å². The van der Waals surface area contributed by atoms with E-state index >= 15 is 0 Å². The van der Waals surface area contributed by atoms with E-state index in [1.165, 1.54) is 6.07 Å². The number of benzene rings is 1. The van der Waals surface area contributed by atoms with E-state index < -0.39 is 0 Å². The van der Waals surface area contributed by atoms with Gasteiger partial charge in [-0.05, 0) is 44.5 Å². The Labute approximate surface area is 128 Å². The number of hydrogen-bond donors (Lipinski definition) is 1. The van der Waals surface area contributed by atoms with Crippen molar-refractivity contribution in [2.45, 2.75) is 31.4 Å². The Morgan fingerprint density at radius 2 is 2.30 bits per heavy atom. The lowest BCUT2D eigenvalue weighted by atomic mass is 9.92. The number of rotatable bonds is 4. The summed E-state index contributed by atoms with van der Waals surface area (Å²) in [5.74, 6) is -0.201. The largest absolute Gasteiger partial charge is 0.377 e. The lowest BCUT2D eigenvalue weighted by molar-refractivity contribution is -0.0611. The first-order valence-corrected chi connectivity index (χ1v) is 7.72. The van der Waals surface area contributed by atoms with Gasteiger partial charge in [-0.2, -0.15) is 0 Å². The Kier molecular flexibility index (Phi) is 5.18. The van der Waals surface area contributed by atoms with Crippen LogP contribution in [0.5, 0.6) is 0 Å². The molecule has 0 saturated carbocycles. The van der Waals surface area contributed by atoms with Crippen LogP contribution in [0.25, 0.3) is 0 Å². The van der Waals surface area contributed by atoms with Gasteiger partial charge in [0.05, 0.1) is 11.6 Å². The second-order valence-corrected chi connectivity index (χ2v) is 6.56. The standard InChI is InChI=1S/C15H22BrFN2O/c1-15(20-2)6-3-7-19(10-15)14(9-18)12-8-11(16)4-5-13(12)17/h4-5,8,14H,3,6-7,9-10,18H2,1-2H3. The predicted molar refractivity (Wildman–Crippen MR) is 82.1 cm³/mol. The first kappa shape index (κ1) is 15.9. The Balaban J connectivity index is 2.25. The topological polar surface area (TPSA) is 38.5 Å². The number of hydrogen-bond acceptors (Lipinski definition) is 3. The first-order valence-electron chi connectivity index (χ1n) is 6.93. The van der Waals surface area contributed by atoms with Crippen molar-refractivity contribution < 1.29 is 9.13 Å². The Morgan fingerprint density at radius 3 is 2.95 bits per heavy atom. The van der Waals surface area contributed by atoms with Crippen LogP contribution < -0.4 is 5.73 Å². The van der Waals surface area contributed by atoms with Crippen LogP contribution in [0.4, 0.5) is 4.39 Å². The molecule has 1 aliphatic heterocycles. The quantitative estimate of drug-likeness (QED) is 0.911. The van der Waals surface area contributed by atoms with Crippen molar-refractivity contribution in [1.82, 2.24) is 4.90 Å². The molecular weight excluding hydrogens is 323 g/mol. The minimum Gasteiger partial charge on any atom is -0.377 e. The molecule has 0 aromatic heterocycles. The van der Waals surface area contributed by atoms with Crippen LogP contribution in [0, 0.1) is 5.82 Å². The molecular formula is C15H22BrFN2O. The number of nitrogens with two attached hydrogens (primary N) is 1. The maximum Gasteiger partial charge on any atom is 0.128 e. The molecule has 1 saturated heterocycles. The highest BCUT2D eigenvalue weighted by Crippen LogP contribution is 2.32. The van der Waals surface area contributed by atoms with Crippen LogP contribution in [0.3, 0.4) is 0 Å². The van der Waals surface area contributed by atoms with Crippen molar-refractivity contribution in [1.29, 1.82) is 0 Å². The maximum absolute atomic E-state index is 14.1. The molecule has 0 amide bonds. The van der Waals surface area contributed by atoms with Crippen molar-refractivity contribution >= 4 is 15.9 Å². The number of methoxy groups -OCH3 is 1. The van der Waals surface area contributed by atoms with Gasteiger partial charge >= 0.3 is 0 Å². The zero-order valence-corrected chi connectivity index (χ0v) is 13.6. The smallest absolute Gasteiger partial charge is 0.128 e. The van der Waals surface area contributed by atoms with Crippen molar-refractivity contribution in [3.8, 4) is 0 Å². The molecule has 112 valence electrons. The molecule has 1 heterocycles. The van der Waals surface area contributed by atoms with Crippen LogP contribution in [-0.4, -0.2) is 37.2 Å².